The van der Waals surface area contributed by atoms with Gasteiger partial charge in [-0.25, -0.2) is 0 Å². The number of halogens is 2. The summed E-state index contributed by atoms with van der Waals surface area (Å²) in [5.74, 6) is -0.481. The number of methoxy groups -OCH3 is 1. The van der Waals surface area contributed by atoms with Crippen molar-refractivity contribution >= 4 is 45.0 Å². The van der Waals surface area contributed by atoms with Gasteiger partial charge < -0.3 is 14.2 Å². The molecule has 2 aromatic rings. The quantitative estimate of drug-likeness (QED) is 0.485. The third-order valence-corrected chi connectivity index (χ3v) is 7.45. The van der Waals surface area contributed by atoms with Gasteiger partial charge in [0, 0.05) is 38.8 Å². The van der Waals surface area contributed by atoms with Gasteiger partial charge in [0.1, 0.15) is 5.92 Å². The fraction of sp³-hybridized carbons (Fsp3) is 0.320. The average Bonchev–Trinajstić information content (AvgIpc) is 3.24. The number of Topliss-reactive ketones (excluding diaryl/α,β-unsaturated/α-hetero) is 1. The molecule has 0 saturated carbocycles. The summed E-state index contributed by atoms with van der Waals surface area (Å²) in [4.78, 5) is 31.2. The smallest absolute Gasteiger partial charge is 0.315 e. The van der Waals surface area contributed by atoms with Crippen molar-refractivity contribution in [3.8, 4) is 11.5 Å². The zero-order valence-electron chi connectivity index (χ0n) is 18.1. The molecule has 0 amide bonds. The van der Waals surface area contributed by atoms with Crippen molar-refractivity contribution < 1.29 is 23.8 Å². The summed E-state index contributed by atoms with van der Waals surface area (Å²) in [5, 5.41) is 0.654. The number of benzene rings is 2. The molecule has 0 bridgehead atoms. The molecular formula is C25H21BrClNO5. The lowest BCUT2D eigenvalue weighted by Crippen LogP contribution is -2.38. The van der Waals surface area contributed by atoms with Crippen LogP contribution in [0.25, 0.3) is 0 Å². The van der Waals surface area contributed by atoms with Crippen LogP contribution < -0.4 is 9.47 Å². The summed E-state index contributed by atoms with van der Waals surface area (Å²) in [6.07, 6.45) is 0.939. The van der Waals surface area contributed by atoms with Gasteiger partial charge in [0.25, 0.3) is 0 Å². The molecule has 8 heteroatoms. The molecule has 0 spiro atoms. The first-order valence-electron chi connectivity index (χ1n) is 10.6. The van der Waals surface area contributed by atoms with Crippen LogP contribution >= 0.6 is 27.5 Å². The number of fused-ring (bicyclic) bond motifs is 1. The number of aliphatic imine (C=N–C) groups is 1. The van der Waals surface area contributed by atoms with E-state index in [0.29, 0.717) is 40.6 Å². The lowest BCUT2D eigenvalue weighted by atomic mass is 9.69. The second-order valence-electron chi connectivity index (χ2n) is 8.40. The van der Waals surface area contributed by atoms with Crippen LogP contribution in [-0.2, 0) is 14.3 Å². The molecule has 1 unspecified atom stereocenters. The lowest BCUT2D eigenvalue weighted by Gasteiger charge is -2.36. The highest BCUT2D eigenvalue weighted by Gasteiger charge is 2.45. The molecule has 0 saturated heterocycles. The normalized spacial score (nSPS) is 23.8. The first kappa shape index (κ1) is 22.2. The number of carbonyl (C=O) groups is 2. The Hall–Kier alpha value is -2.64. The summed E-state index contributed by atoms with van der Waals surface area (Å²) in [7, 11) is 1.35. The third kappa shape index (κ3) is 3.87. The minimum Gasteiger partial charge on any atom is -0.468 e. The van der Waals surface area contributed by atoms with Gasteiger partial charge >= 0.3 is 5.97 Å². The number of allylic oxidation sites excluding steroid dienone is 2. The Balaban J connectivity index is 1.63. The van der Waals surface area contributed by atoms with Crippen LogP contribution in [0.2, 0.25) is 5.02 Å². The van der Waals surface area contributed by atoms with E-state index < -0.39 is 17.8 Å². The number of esters is 1. The van der Waals surface area contributed by atoms with E-state index in [0.717, 1.165) is 21.3 Å². The fourth-order valence-corrected chi connectivity index (χ4v) is 5.66. The first-order chi connectivity index (χ1) is 15.9. The van der Waals surface area contributed by atoms with Crippen molar-refractivity contribution in [3.05, 3.63) is 68.3 Å². The molecule has 0 N–H and O–H groups in total. The lowest BCUT2D eigenvalue weighted by molar-refractivity contribution is -0.143. The Morgan fingerprint density at radius 2 is 1.85 bits per heavy atom. The molecule has 3 aliphatic rings. The molecule has 0 fully saturated rings. The van der Waals surface area contributed by atoms with Gasteiger partial charge in [0.15, 0.2) is 17.3 Å². The van der Waals surface area contributed by atoms with Crippen molar-refractivity contribution in [2.45, 2.75) is 31.6 Å². The maximum Gasteiger partial charge on any atom is 0.315 e. The van der Waals surface area contributed by atoms with Gasteiger partial charge in [-0.2, -0.15) is 0 Å². The predicted octanol–water partition coefficient (Wildman–Crippen LogP) is 5.58. The minimum absolute atomic E-state index is 0.000544. The van der Waals surface area contributed by atoms with E-state index in [-0.39, 0.29) is 18.5 Å². The Bertz CT molecular complexity index is 1220. The molecule has 0 aromatic heterocycles. The predicted molar refractivity (Wildman–Crippen MR) is 127 cm³/mol. The highest BCUT2D eigenvalue weighted by molar-refractivity contribution is 9.10. The van der Waals surface area contributed by atoms with Crippen LogP contribution in [0.3, 0.4) is 0 Å². The van der Waals surface area contributed by atoms with Crippen molar-refractivity contribution in [2.75, 3.05) is 13.9 Å². The van der Waals surface area contributed by atoms with Gasteiger partial charge in [-0.15, -0.1) is 0 Å². The Labute approximate surface area is 204 Å². The van der Waals surface area contributed by atoms with Crippen LogP contribution in [-0.4, -0.2) is 31.4 Å². The van der Waals surface area contributed by atoms with E-state index in [1.807, 2.05) is 43.3 Å². The number of carbonyl (C=O) groups excluding carboxylic acids is 2. The highest BCUT2D eigenvalue weighted by Crippen LogP contribution is 2.50. The van der Waals surface area contributed by atoms with Gasteiger partial charge in [0.2, 0.25) is 6.79 Å². The number of ether oxygens (including phenoxy) is 3. The molecule has 0 radical (unpaired) electrons. The largest absolute Gasteiger partial charge is 0.468 e. The van der Waals surface area contributed by atoms with Crippen LogP contribution in [0.5, 0.6) is 11.5 Å². The van der Waals surface area contributed by atoms with Crippen molar-refractivity contribution in [1.29, 1.82) is 0 Å². The van der Waals surface area contributed by atoms with Crippen molar-refractivity contribution in [3.63, 3.8) is 0 Å². The van der Waals surface area contributed by atoms with Gasteiger partial charge in [-0.3, -0.25) is 14.6 Å². The Kier molecular flexibility index (Phi) is 5.79. The summed E-state index contributed by atoms with van der Waals surface area (Å²) >= 11 is 9.67. The van der Waals surface area contributed by atoms with Gasteiger partial charge in [-0.05, 0) is 54.7 Å². The Morgan fingerprint density at radius 1 is 1.15 bits per heavy atom. The molecule has 2 aliphatic heterocycles. The third-order valence-electron chi connectivity index (χ3n) is 6.51. The summed E-state index contributed by atoms with van der Waals surface area (Å²) in [6.45, 7) is 1.95. The first-order valence-corrected chi connectivity index (χ1v) is 11.8. The number of hydrogen-bond donors (Lipinski definition) is 0. The topological polar surface area (TPSA) is 74.2 Å². The van der Waals surface area contributed by atoms with Crippen molar-refractivity contribution in [1.82, 2.24) is 0 Å². The van der Waals surface area contributed by atoms with E-state index in [1.165, 1.54) is 7.11 Å². The second-order valence-corrected chi connectivity index (χ2v) is 9.69. The molecule has 5 rings (SSSR count). The van der Waals surface area contributed by atoms with Crippen LogP contribution in [0.1, 0.15) is 42.7 Å². The molecule has 170 valence electrons. The van der Waals surface area contributed by atoms with E-state index in [9.17, 15) is 9.59 Å². The Morgan fingerprint density at radius 3 is 2.55 bits per heavy atom. The van der Waals surface area contributed by atoms with Crippen LogP contribution in [0, 0.1) is 5.92 Å². The molecule has 2 aromatic carbocycles. The fourth-order valence-electron chi connectivity index (χ4n) is 4.97. The summed E-state index contributed by atoms with van der Waals surface area (Å²) in [6, 6.07) is 11.2. The van der Waals surface area contributed by atoms with E-state index in [1.54, 1.807) is 0 Å². The SMILES string of the molecule is COC(=O)C1C(C)=NC2=C(C(=O)C[C@@H](c3ccc(Cl)cc3)C2)[C@H]1c1cc2c(cc1Br)OCO2. The van der Waals surface area contributed by atoms with Crippen LogP contribution in [0.4, 0.5) is 0 Å². The zero-order valence-corrected chi connectivity index (χ0v) is 20.4. The zero-order chi connectivity index (χ0) is 23.3. The number of ketones is 1. The molecule has 3 atom stereocenters. The maximum atomic E-state index is 13.6. The van der Waals surface area contributed by atoms with Crippen molar-refractivity contribution in [2.24, 2.45) is 10.9 Å². The number of rotatable bonds is 3. The number of hydrogen-bond acceptors (Lipinski definition) is 6. The monoisotopic (exact) mass is 529 g/mol. The summed E-state index contributed by atoms with van der Waals surface area (Å²) < 4.78 is 16.9. The molecular weight excluding hydrogens is 510 g/mol. The van der Waals surface area contributed by atoms with Gasteiger partial charge in [0.05, 0.1) is 7.11 Å². The molecule has 33 heavy (non-hydrogen) atoms. The van der Waals surface area contributed by atoms with E-state index in [2.05, 4.69) is 15.9 Å². The number of nitrogens with zero attached hydrogens (tertiary/aromatic N) is 1. The second kappa shape index (κ2) is 8.61. The maximum absolute atomic E-state index is 13.6. The van der Waals surface area contributed by atoms with E-state index in [4.69, 9.17) is 30.8 Å². The van der Waals surface area contributed by atoms with Gasteiger partial charge in [-0.1, -0.05) is 39.7 Å². The van der Waals surface area contributed by atoms with Crippen LogP contribution in [0.15, 0.2) is 57.1 Å². The average molecular weight is 531 g/mol. The summed E-state index contributed by atoms with van der Waals surface area (Å²) in [5.41, 5.74) is 3.73. The van der Waals surface area contributed by atoms with E-state index >= 15 is 0 Å². The highest BCUT2D eigenvalue weighted by atomic mass is 79.9. The minimum atomic E-state index is -0.707. The molecule has 1 aliphatic carbocycles. The standard InChI is InChI=1S/C25H21BrClNO5/c1-12-22(25(30)31-2)23(16-9-20-21(10-17(16)26)33-11-32-20)24-18(28-12)7-14(8-19(24)29)13-3-5-15(27)6-4-13/h3-6,9-10,14,22-23H,7-8,11H2,1-2H3/t14-,22?,23-/m0/s1. The molecule has 2 heterocycles. The molecule has 6 nitrogen and oxygen atoms in total.